The first-order valence-corrected chi connectivity index (χ1v) is 10.9. The lowest BCUT2D eigenvalue weighted by atomic mass is 9.91. The first-order chi connectivity index (χ1) is 15.1. The number of anilines is 1. The fraction of sp³-hybridized carbons (Fsp3) is 0.0400. The smallest absolute Gasteiger partial charge is 0.294 e. The Morgan fingerprint density at radius 3 is 2.42 bits per heavy atom. The monoisotopic (exact) mass is 445 g/mol. The van der Waals surface area contributed by atoms with Crippen molar-refractivity contribution in [1.29, 1.82) is 0 Å². The fourth-order valence-corrected chi connectivity index (χ4v) is 4.83. The molecule has 1 aliphatic rings. The minimum absolute atomic E-state index is 0.0822. The van der Waals surface area contributed by atoms with Gasteiger partial charge in [0, 0.05) is 10.7 Å². The van der Waals surface area contributed by atoms with Crippen molar-refractivity contribution in [3.05, 3.63) is 111 Å². The summed E-state index contributed by atoms with van der Waals surface area (Å²) in [6.45, 7) is 0. The minimum atomic E-state index is -0.769. The topological polar surface area (TPSA) is 57.6 Å². The van der Waals surface area contributed by atoms with Gasteiger partial charge in [-0.05, 0) is 52.0 Å². The number of carbonyl (C=O) groups excluding carboxylic acids is 2. The van der Waals surface area contributed by atoms with Gasteiger partial charge in [-0.2, -0.15) is 0 Å². The second-order valence-electron chi connectivity index (χ2n) is 7.19. The van der Waals surface area contributed by atoms with Gasteiger partial charge >= 0.3 is 0 Å². The number of fused-ring (bicyclic) bond motifs is 1. The molecular weight excluding hydrogens is 430 g/mol. The predicted octanol–water partition coefficient (Wildman–Crippen LogP) is 6.34. The van der Waals surface area contributed by atoms with Gasteiger partial charge in [0.25, 0.3) is 5.91 Å². The largest absolute Gasteiger partial charge is 0.503 e. The number of Topliss-reactive ketones (excluding diaryl/α,β-unsaturated/α-hetero) is 1. The number of thiophene rings is 1. The predicted molar refractivity (Wildman–Crippen MR) is 124 cm³/mol. The van der Waals surface area contributed by atoms with E-state index in [1.165, 1.54) is 16.2 Å². The van der Waals surface area contributed by atoms with Crippen LogP contribution in [0.5, 0.6) is 0 Å². The molecule has 0 saturated carbocycles. The molecule has 1 aromatic heterocycles. The maximum Gasteiger partial charge on any atom is 0.294 e. The first-order valence-electron chi connectivity index (χ1n) is 9.64. The molecule has 1 amide bonds. The van der Waals surface area contributed by atoms with Crippen LogP contribution in [0.3, 0.4) is 0 Å². The molecule has 3 aromatic carbocycles. The maximum absolute atomic E-state index is 13.4. The molecule has 0 fully saturated rings. The van der Waals surface area contributed by atoms with Crippen molar-refractivity contribution in [3.8, 4) is 0 Å². The molecule has 5 rings (SSSR count). The van der Waals surface area contributed by atoms with E-state index in [0.717, 1.165) is 16.3 Å². The van der Waals surface area contributed by atoms with Crippen molar-refractivity contribution < 1.29 is 14.7 Å². The molecule has 4 nitrogen and oxygen atoms in total. The van der Waals surface area contributed by atoms with E-state index in [1.54, 1.807) is 41.8 Å². The van der Waals surface area contributed by atoms with Crippen LogP contribution < -0.4 is 4.90 Å². The van der Waals surface area contributed by atoms with Crippen LogP contribution in [0.4, 0.5) is 5.69 Å². The molecule has 1 N–H and O–H groups in total. The summed E-state index contributed by atoms with van der Waals surface area (Å²) in [6, 6.07) is 23.0. The molecule has 1 atom stereocenters. The summed E-state index contributed by atoms with van der Waals surface area (Å²) in [6.07, 6.45) is 0. The van der Waals surface area contributed by atoms with E-state index in [9.17, 15) is 14.7 Å². The van der Waals surface area contributed by atoms with Crippen LogP contribution in [-0.2, 0) is 4.79 Å². The van der Waals surface area contributed by atoms with Crippen molar-refractivity contribution in [3.63, 3.8) is 0 Å². The van der Waals surface area contributed by atoms with Crippen LogP contribution in [0.1, 0.15) is 21.3 Å². The Hall–Kier alpha value is -3.41. The van der Waals surface area contributed by atoms with Crippen LogP contribution in [0.25, 0.3) is 10.8 Å². The Kier molecular flexibility index (Phi) is 4.85. The summed E-state index contributed by atoms with van der Waals surface area (Å²) < 4.78 is 0. The van der Waals surface area contributed by atoms with Crippen LogP contribution >= 0.6 is 22.9 Å². The lowest BCUT2D eigenvalue weighted by molar-refractivity contribution is -0.117. The van der Waals surface area contributed by atoms with E-state index in [1.807, 2.05) is 42.5 Å². The van der Waals surface area contributed by atoms with Gasteiger partial charge < -0.3 is 5.11 Å². The van der Waals surface area contributed by atoms with Crippen molar-refractivity contribution in [1.82, 2.24) is 0 Å². The van der Waals surface area contributed by atoms with Crippen LogP contribution in [0.15, 0.2) is 95.6 Å². The molecule has 0 radical (unpaired) electrons. The van der Waals surface area contributed by atoms with E-state index < -0.39 is 17.7 Å². The third-order valence-electron chi connectivity index (χ3n) is 5.42. The molecule has 4 aromatic rings. The zero-order chi connectivity index (χ0) is 21.5. The van der Waals surface area contributed by atoms with Gasteiger partial charge in [-0.15, -0.1) is 11.3 Å². The van der Waals surface area contributed by atoms with Gasteiger partial charge in [-0.1, -0.05) is 60.1 Å². The highest BCUT2D eigenvalue weighted by atomic mass is 35.5. The number of hydrogen-bond donors (Lipinski definition) is 1. The molecular formula is C25H16ClNO3S. The molecule has 6 heteroatoms. The minimum Gasteiger partial charge on any atom is -0.503 e. The Bertz CT molecular complexity index is 1340. The number of ketones is 1. The summed E-state index contributed by atoms with van der Waals surface area (Å²) in [5.41, 5.74) is 1.40. The van der Waals surface area contributed by atoms with Gasteiger partial charge in [-0.25, -0.2) is 0 Å². The molecule has 0 spiro atoms. The average molecular weight is 446 g/mol. The SMILES string of the molecule is O=C(C1=C(O)C(=O)N(c2ccc(Cl)cc2)C1c1cccc2ccccc12)c1cccs1. The summed E-state index contributed by atoms with van der Waals surface area (Å²) in [5, 5.41) is 15.1. The van der Waals surface area contributed by atoms with E-state index in [4.69, 9.17) is 11.6 Å². The summed E-state index contributed by atoms with van der Waals surface area (Å²) in [7, 11) is 0. The fourth-order valence-electron chi connectivity index (χ4n) is 4.03. The van der Waals surface area contributed by atoms with Crippen molar-refractivity contribution in [2.24, 2.45) is 0 Å². The van der Waals surface area contributed by atoms with E-state index >= 15 is 0 Å². The molecule has 1 unspecified atom stereocenters. The lowest BCUT2D eigenvalue weighted by Gasteiger charge is -2.28. The Labute approximate surface area is 187 Å². The van der Waals surface area contributed by atoms with Crippen molar-refractivity contribution in [2.75, 3.05) is 4.90 Å². The van der Waals surface area contributed by atoms with E-state index in [0.29, 0.717) is 15.6 Å². The molecule has 1 aliphatic heterocycles. The van der Waals surface area contributed by atoms with Crippen molar-refractivity contribution >= 4 is 51.1 Å². The molecule has 31 heavy (non-hydrogen) atoms. The summed E-state index contributed by atoms with van der Waals surface area (Å²) >= 11 is 7.32. The number of amides is 1. The highest BCUT2D eigenvalue weighted by molar-refractivity contribution is 7.12. The first kappa shape index (κ1) is 19.5. The normalized spacial score (nSPS) is 16.4. The number of benzene rings is 3. The van der Waals surface area contributed by atoms with Crippen LogP contribution in [0, 0.1) is 0 Å². The molecule has 0 aliphatic carbocycles. The second kappa shape index (κ2) is 7.69. The van der Waals surface area contributed by atoms with Gasteiger partial charge in [0.15, 0.2) is 5.76 Å². The number of nitrogens with zero attached hydrogens (tertiary/aromatic N) is 1. The zero-order valence-electron chi connectivity index (χ0n) is 16.2. The number of aliphatic hydroxyl groups is 1. The second-order valence-corrected chi connectivity index (χ2v) is 8.58. The van der Waals surface area contributed by atoms with Crippen LogP contribution in [-0.4, -0.2) is 16.8 Å². The number of hydrogen-bond acceptors (Lipinski definition) is 4. The third kappa shape index (κ3) is 3.23. The number of aliphatic hydroxyl groups excluding tert-OH is 1. The average Bonchev–Trinajstić information content (AvgIpc) is 3.41. The quantitative estimate of drug-likeness (QED) is 0.373. The number of rotatable bonds is 4. The van der Waals surface area contributed by atoms with Crippen LogP contribution in [0.2, 0.25) is 5.02 Å². The van der Waals surface area contributed by atoms with E-state index in [2.05, 4.69) is 0 Å². The summed E-state index contributed by atoms with van der Waals surface area (Å²) in [5.74, 6) is -1.48. The summed E-state index contributed by atoms with van der Waals surface area (Å²) in [4.78, 5) is 28.6. The Morgan fingerprint density at radius 2 is 1.68 bits per heavy atom. The highest BCUT2D eigenvalue weighted by Crippen LogP contribution is 2.44. The Balaban J connectivity index is 1.76. The maximum atomic E-state index is 13.4. The zero-order valence-corrected chi connectivity index (χ0v) is 17.7. The molecule has 0 bridgehead atoms. The molecule has 0 saturated heterocycles. The highest BCUT2D eigenvalue weighted by Gasteiger charge is 2.45. The molecule has 2 heterocycles. The Morgan fingerprint density at radius 1 is 0.935 bits per heavy atom. The number of carbonyl (C=O) groups is 2. The lowest BCUT2D eigenvalue weighted by Crippen LogP contribution is -2.31. The third-order valence-corrected chi connectivity index (χ3v) is 6.54. The van der Waals surface area contributed by atoms with Gasteiger partial charge in [0.1, 0.15) is 0 Å². The number of halogens is 1. The standard InChI is InChI=1S/C25H16ClNO3S/c26-16-10-12-17(13-11-16)27-22(19-8-3-6-15-5-1-2-7-18(15)19)21(24(29)25(27)30)23(28)20-9-4-14-31-20/h1-14,22,29H. The molecule has 152 valence electrons. The van der Waals surface area contributed by atoms with E-state index in [-0.39, 0.29) is 11.4 Å². The van der Waals surface area contributed by atoms with Gasteiger partial charge in [-0.3, -0.25) is 14.5 Å². The van der Waals surface area contributed by atoms with Crippen molar-refractivity contribution in [2.45, 2.75) is 6.04 Å². The van der Waals surface area contributed by atoms with Gasteiger partial charge in [0.05, 0.1) is 16.5 Å². The van der Waals surface area contributed by atoms with Gasteiger partial charge in [0.2, 0.25) is 5.78 Å².